The summed E-state index contributed by atoms with van der Waals surface area (Å²) in [4.78, 5) is 0. The van der Waals surface area contributed by atoms with Gasteiger partial charge in [0.15, 0.2) is 5.79 Å². The summed E-state index contributed by atoms with van der Waals surface area (Å²) in [6.07, 6.45) is 1.01. The first-order valence-electron chi connectivity index (χ1n) is 2.90. The van der Waals surface area contributed by atoms with Gasteiger partial charge in [0.05, 0.1) is 5.75 Å². The maximum atomic E-state index is 10.7. The van der Waals surface area contributed by atoms with Crippen molar-refractivity contribution in [2.24, 2.45) is 0 Å². The van der Waals surface area contributed by atoms with E-state index in [4.69, 9.17) is 10.2 Å². The highest BCUT2D eigenvalue weighted by Crippen LogP contribution is 2.16. The summed E-state index contributed by atoms with van der Waals surface area (Å²) >= 11 is 0. The molecule has 0 aromatic rings. The van der Waals surface area contributed by atoms with Gasteiger partial charge in [0.2, 0.25) is 0 Å². The molecule has 0 radical (unpaired) electrons. The van der Waals surface area contributed by atoms with Crippen molar-refractivity contribution < 1.29 is 14.4 Å². The molecule has 1 rings (SSSR count). The maximum absolute atomic E-state index is 10.7. The van der Waals surface area contributed by atoms with Gasteiger partial charge in [0.25, 0.3) is 0 Å². The van der Waals surface area contributed by atoms with Crippen molar-refractivity contribution in [1.29, 1.82) is 0 Å². The van der Waals surface area contributed by atoms with Crippen molar-refractivity contribution in [3.8, 4) is 0 Å². The molecule has 2 N–H and O–H groups in total. The lowest BCUT2D eigenvalue weighted by Crippen LogP contribution is -2.39. The molecule has 1 atom stereocenters. The van der Waals surface area contributed by atoms with Crippen molar-refractivity contribution in [3.05, 3.63) is 0 Å². The topological polar surface area (TPSA) is 57.5 Å². The minimum absolute atomic E-state index is 0.0208. The summed E-state index contributed by atoms with van der Waals surface area (Å²) in [5.74, 6) is -1.01. The number of hydrogen-bond acceptors (Lipinski definition) is 3. The molecule has 1 unspecified atom stereocenters. The van der Waals surface area contributed by atoms with Crippen LogP contribution in [-0.4, -0.2) is 31.7 Å². The molecule has 0 spiro atoms. The van der Waals surface area contributed by atoms with Crippen molar-refractivity contribution in [3.63, 3.8) is 0 Å². The monoisotopic (exact) mass is 150 g/mol. The summed E-state index contributed by atoms with van der Waals surface area (Å²) < 4.78 is 10.7. The number of hydrogen-bond donors (Lipinski definition) is 2. The van der Waals surface area contributed by atoms with Gasteiger partial charge in [-0.3, -0.25) is 4.21 Å². The molecule has 3 nitrogen and oxygen atoms in total. The number of rotatable bonds is 0. The Bertz CT molecular complexity index is 132. The van der Waals surface area contributed by atoms with Crippen molar-refractivity contribution in [2.75, 3.05) is 11.5 Å². The highest BCUT2D eigenvalue weighted by molar-refractivity contribution is 7.85. The van der Waals surface area contributed by atoms with E-state index < -0.39 is 16.6 Å². The zero-order valence-electron chi connectivity index (χ0n) is 5.04. The van der Waals surface area contributed by atoms with Crippen LogP contribution >= 0.6 is 0 Å². The Hall–Kier alpha value is 0.0700. The first-order valence-corrected chi connectivity index (χ1v) is 4.39. The highest BCUT2D eigenvalue weighted by atomic mass is 32.2. The van der Waals surface area contributed by atoms with Gasteiger partial charge in [-0.25, -0.2) is 0 Å². The third-order valence-electron chi connectivity index (χ3n) is 1.34. The Kier molecular flexibility index (Phi) is 1.88. The molecule has 1 saturated heterocycles. The summed E-state index contributed by atoms with van der Waals surface area (Å²) in [6.45, 7) is 0. The van der Waals surface area contributed by atoms with E-state index in [1.165, 1.54) is 0 Å². The van der Waals surface area contributed by atoms with Gasteiger partial charge in [-0.15, -0.1) is 0 Å². The second-order valence-corrected chi connectivity index (χ2v) is 3.95. The van der Waals surface area contributed by atoms with Crippen LogP contribution in [-0.2, 0) is 10.8 Å². The van der Waals surface area contributed by atoms with E-state index in [1.54, 1.807) is 0 Å². The van der Waals surface area contributed by atoms with E-state index in [9.17, 15) is 4.21 Å². The highest BCUT2D eigenvalue weighted by Gasteiger charge is 2.29. The fraction of sp³-hybridized carbons (Fsp3) is 1.00. The molecular weight excluding hydrogens is 140 g/mol. The predicted octanol–water partition coefficient (Wildman–Crippen LogP) is -0.790. The van der Waals surface area contributed by atoms with Gasteiger partial charge in [-0.05, 0) is 6.42 Å². The van der Waals surface area contributed by atoms with Crippen LogP contribution in [0.25, 0.3) is 0 Å². The van der Waals surface area contributed by atoms with Crippen LogP contribution in [0.4, 0.5) is 0 Å². The third kappa shape index (κ3) is 2.04. The standard InChI is InChI=1S/C5H10O3S/c6-5(7)2-1-3-9(8)4-5/h6-7H,1-4H2. The summed E-state index contributed by atoms with van der Waals surface area (Å²) in [7, 11) is -1.01. The Balaban J connectivity index is 2.51. The Labute approximate surface area is 56.2 Å². The molecule has 0 amide bonds. The SMILES string of the molecule is O=S1CCCC(O)(O)C1. The van der Waals surface area contributed by atoms with E-state index in [0.717, 1.165) is 0 Å². The van der Waals surface area contributed by atoms with Gasteiger partial charge in [-0.1, -0.05) is 0 Å². The first kappa shape index (κ1) is 7.18. The minimum Gasteiger partial charge on any atom is -0.365 e. The molecule has 1 aliphatic rings. The van der Waals surface area contributed by atoms with Crippen LogP contribution in [0.2, 0.25) is 0 Å². The molecule has 4 heteroatoms. The van der Waals surface area contributed by atoms with Crippen LogP contribution in [0.15, 0.2) is 0 Å². The summed E-state index contributed by atoms with van der Waals surface area (Å²) in [6, 6.07) is 0. The Morgan fingerprint density at radius 3 is 2.44 bits per heavy atom. The second-order valence-electron chi connectivity index (χ2n) is 2.37. The molecule has 0 aromatic heterocycles. The zero-order valence-corrected chi connectivity index (χ0v) is 5.86. The molecular formula is C5H10O3S. The van der Waals surface area contributed by atoms with Crippen molar-refractivity contribution in [2.45, 2.75) is 18.6 Å². The molecule has 9 heavy (non-hydrogen) atoms. The average Bonchev–Trinajstić information content (AvgIpc) is 1.60. The van der Waals surface area contributed by atoms with Gasteiger partial charge in [0, 0.05) is 23.0 Å². The lowest BCUT2D eigenvalue weighted by molar-refractivity contribution is -0.147. The van der Waals surface area contributed by atoms with E-state index in [2.05, 4.69) is 0 Å². The quantitative estimate of drug-likeness (QED) is 0.445. The Morgan fingerprint density at radius 2 is 2.11 bits per heavy atom. The fourth-order valence-corrected chi connectivity index (χ4v) is 2.19. The van der Waals surface area contributed by atoms with E-state index in [-0.39, 0.29) is 5.75 Å². The molecule has 1 fully saturated rings. The lowest BCUT2D eigenvalue weighted by Gasteiger charge is -2.24. The van der Waals surface area contributed by atoms with Crippen molar-refractivity contribution in [1.82, 2.24) is 0 Å². The van der Waals surface area contributed by atoms with Gasteiger partial charge in [-0.2, -0.15) is 0 Å². The van der Waals surface area contributed by atoms with Crippen LogP contribution in [0.1, 0.15) is 12.8 Å². The van der Waals surface area contributed by atoms with Crippen LogP contribution in [0.5, 0.6) is 0 Å². The normalized spacial score (nSPS) is 34.2. The van der Waals surface area contributed by atoms with Gasteiger partial charge >= 0.3 is 0 Å². The molecule has 0 aromatic carbocycles. The van der Waals surface area contributed by atoms with Crippen LogP contribution < -0.4 is 0 Å². The molecule has 54 valence electrons. The predicted molar refractivity (Wildman–Crippen MR) is 34.3 cm³/mol. The molecule has 1 aliphatic heterocycles. The van der Waals surface area contributed by atoms with E-state index >= 15 is 0 Å². The maximum Gasteiger partial charge on any atom is 0.174 e. The largest absolute Gasteiger partial charge is 0.365 e. The van der Waals surface area contributed by atoms with Crippen LogP contribution in [0.3, 0.4) is 0 Å². The smallest absolute Gasteiger partial charge is 0.174 e. The molecule has 0 aliphatic carbocycles. The summed E-state index contributed by atoms with van der Waals surface area (Å²) in [5, 5.41) is 17.8. The fourth-order valence-electron chi connectivity index (χ4n) is 0.918. The number of aliphatic hydroxyl groups is 2. The third-order valence-corrected chi connectivity index (χ3v) is 2.87. The lowest BCUT2D eigenvalue weighted by atomic mass is 10.2. The van der Waals surface area contributed by atoms with E-state index in [0.29, 0.717) is 18.6 Å². The molecule has 1 heterocycles. The van der Waals surface area contributed by atoms with Gasteiger partial charge in [0.1, 0.15) is 0 Å². The molecule has 0 saturated carbocycles. The first-order chi connectivity index (χ1) is 4.10. The summed E-state index contributed by atoms with van der Waals surface area (Å²) in [5.41, 5.74) is 0. The van der Waals surface area contributed by atoms with E-state index in [1.807, 2.05) is 0 Å². The van der Waals surface area contributed by atoms with Gasteiger partial charge < -0.3 is 10.2 Å². The van der Waals surface area contributed by atoms with Crippen molar-refractivity contribution >= 4 is 10.8 Å². The zero-order chi connectivity index (χ0) is 6.91. The minimum atomic E-state index is -1.65. The second kappa shape index (κ2) is 2.36. The van der Waals surface area contributed by atoms with Crippen LogP contribution in [0, 0.1) is 0 Å². The molecule has 0 bridgehead atoms. The average molecular weight is 150 g/mol. The Morgan fingerprint density at radius 1 is 1.44 bits per heavy atom.